The van der Waals surface area contributed by atoms with Gasteiger partial charge in [-0.05, 0) is 22.6 Å². The minimum atomic E-state index is -0.488. The molecular formula is C8H11N7O2. The van der Waals surface area contributed by atoms with Crippen LogP contribution in [0.2, 0.25) is 0 Å². The number of nitrogens with one attached hydrogen (secondary N) is 1. The van der Waals surface area contributed by atoms with Crippen LogP contribution >= 0.6 is 0 Å². The fourth-order valence-electron chi connectivity index (χ4n) is 1.17. The molecule has 0 radical (unpaired) electrons. The average molecular weight is 237 g/mol. The lowest BCUT2D eigenvalue weighted by Gasteiger charge is -2.04. The highest BCUT2D eigenvalue weighted by atomic mass is 16.5. The number of tetrazole rings is 1. The molecule has 1 amide bonds. The molecule has 0 aromatic carbocycles. The monoisotopic (exact) mass is 237 g/mol. The summed E-state index contributed by atoms with van der Waals surface area (Å²) in [6.45, 7) is 0.785. The Hall–Kier alpha value is -2.29. The third-order valence-electron chi connectivity index (χ3n) is 1.87. The van der Waals surface area contributed by atoms with Gasteiger partial charge in [-0.3, -0.25) is 4.79 Å². The molecule has 2 rings (SSSR count). The third kappa shape index (κ3) is 3.08. The van der Waals surface area contributed by atoms with Gasteiger partial charge in [0.2, 0.25) is 5.91 Å². The normalized spacial score (nSPS) is 10.6. The minimum absolute atomic E-state index is 0.0822. The molecular weight excluding hydrogens is 226 g/mol. The van der Waals surface area contributed by atoms with E-state index in [2.05, 4.69) is 25.9 Å². The van der Waals surface area contributed by atoms with Crippen LogP contribution < -0.4 is 11.1 Å². The van der Waals surface area contributed by atoms with Gasteiger partial charge in [-0.25, -0.2) is 0 Å². The van der Waals surface area contributed by atoms with E-state index in [9.17, 15) is 4.79 Å². The number of rotatable bonds is 6. The molecule has 0 saturated heterocycles. The van der Waals surface area contributed by atoms with Crippen LogP contribution in [0, 0.1) is 0 Å². The van der Waals surface area contributed by atoms with Gasteiger partial charge >= 0.3 is 0 Å². The van der Waals surface area contributed by atoms with Crippen LogP contribution in [0.5, 0.6) is 0 Å². The number of anilines is 1. The van der Waals surface area contributed by atoms with Gasteiger partial charge in [-0.2, -0.15) is 0 Å². The second kappa shape index (κ2) is 5.16. The summed E-state index contributed by atoms with van der Waals surface area (Å²) < 4.78 is 6.29. The summed E-state index contributed by atoms with van der Waals surface area (Å²) in [4.78, 5) is 10.4. The van der Waals surface area contributed by atoms with Gasteiger partial charge in [0.25, 0.3) is 0 Å². The summed E-state index contributed by atoms with van der Waals surface area (Å²) in [5.41, 5.74) is 5.48. The molecule has 0 unspecified atom stereocenters. The zero-order valence-electron chi connectivity index (χ0n) is 8.91. The number of hydrogen-bond donors (Lipinski definition) is 2. The first kappa shape index (κ1) is 11.2. The molecule has 0 fully saturated rings. The van der Waals surface area contributed by atoms with Crippen LogP contribution in [0.1, 0.15) is 0 Å². The van der Waals surface area contributed by atoms with E-state index < -0.39 is 5.91 Å². The van der Waals surface area contributed by atoms with Gasteiger partial charge < -0.3 is 15.8 Å². The van der Waals surface area contributed by atoms with Crippen molar-refractivity contribution in [3.8, 4) is 0 Å². The van der Waals surface area contributed by atoms with Crippen molar-refractivity contribution < 1.29 is 9.53 Å². The molecule has 2 aromatic rings. The van der Waals surface area contributed by atoms with Gasteiger partial charge in [-0.15, -0.1) is 14.8 Å². The lowest BCUT2D eigenvalue weighted by molar-refractivity contribution is -0.122. The summed E-state index contributed by atoms with van der Waals surface area (Å²) in [6.07, 6.45) is 0. The first-order valence-corrected chi connectivity index (χ1v) is 4.91. The topological polar surface area (TPSA) is 120 Å². The van der Waals surface area contributed by atoms with E-state index in [1.165, 1.54) is 4.63 Å². The van der Waals surface area contributed by atoms with E-state index >= 15 is 0 Å². The molecule has 0 aliphatic carbocycles. The van der Waals surface area contributed by atoms with Gasteiger partial charge in [0.15, 0.2) is 5.65 Å². The maximum Gasteiger partial charge on any atom is 0.243 e. The van der Waals surface area contributed by atoms with E-state index in [1.54, 1.807) is 12.1 Å². The summed E-state index contributed by atoms with van der Waals surface area (Å²) in [5.74, 6) is 0.130. The molecule has 2 aromatic heterocycles. The number of carbonyl (C=O) groups is 1. The number of ether oxygens (including phenoxy) is 1. The molecule has 3 N–H and O–H groups in total. The van der Waals surface area contributed by atoms with E-state index in [1.807, 2.05) is 0 Å². The van der Waals surface area contributed by atoms with E-state index in [0.29, 0.717) is 24.6 Å². The Morgan fingerprint density at radius 1 is 1.53 bits per heavy atom. The highest BCUT2D eigenvalue weighted by molar-refractivity contribution is 5.74. The van der Waals surface area contributed by atoms with Crippen molar-refractivity contribution in [2.24, 2.45) is 5.73 Å². The number of nitrogens with two attached hydrogens (primary N) is 1. The van der Waals surface area contributed by atoms with Crippen LogP contribution in [-0.4, -0.2) is 50.9 Å². The minimum Gasteiger partial charge on any atom is -0.370 e. The van der Waals surface area contributed by atoms with Crippen molar-refractivity contribution in [3.63, 3.8) is 0 Å². The van der Waals surface area contributed by atoms with E-state index in [-0.39, 0.29) is 6.61 Å². The van der Waals surface area contributed by atoms with Crippen molar-refractivity contribution in [1.82, 2.24) is 25.3 Å². The second-order valence-corrected chi connectivity index (χ2v) is 3.19. The average Bonchev–Trinajstić information content (AvgIpc) is 2.75. The Balaban J connectivity index is 1.80. The largest absolute Gasteiger partial charge is 0.370 e. The van der Waals surface area contributed by atoms with Crippen molar-refractivity contribution >= 4 is 17.4 Å². The lowest BCUT2D eigenvalue weighted by Crippen LogP contribution is -2.20. The summed E-state index contributed by atoms with van der Waals surface area (Å²) in [6, 6.07) is 3.49. The Kier molecular flexibility index (Phi) is 3.40. The van der Waals surface area contributed by atoms with Crippen molar-refractivity contribution in [2.45, 2.75) is 0 Å². The summed E-state index contributed by atoms with van der Waals surface area (Å²) in [5, 5.41) is 17.9. The summed E-state index contributed by atoms with van der Waals surface area (Å²) >= 11 is 0. The molecule has 2 heterocycles. The fourth-order valence-corrected chi connectivity index (χ4v) is 1.17. The zero-order chi connectivity index (χ0) is 12.1. The molecule has 90 valence electrons. The van der Waals surface area contributed by atoms with Crippen LogP contribution in [0.15, 0.2) is 12.1 Å². The molecule has 0 bridgehead atoms. The predicted molar refractivity (Wildman–Crippen MR) is 57.1 cm³/mol. The molecule has 0 aliphatic heterocycles. The molecule has 9 heteroatoms. The van der Waals surface area contributed by atoms with Crippen molar-refractivity contribution in [1.29, 1.82) is 0 Å². The highest BCUT2D eigenvalue weighted by Crippen LogP contribution is 2.02. The van der Waals surface area contributed by atoms with Gasteiger partial charge in [0, 0.05) is 6.54 Å². The highest BCUT2D eigenvalue weighted by Gasteiger charge is 2.00. The summed E-state index contributed by atoms with van der Waals surface area (Å²) in [7, 11) is 0. The zero-order valence-corrected chi connectivity index (χ0v) is 8.91. The molecule has 0 atom stereocenters. The second-order valence-electron chi connectivity index (χ2n) is 3.19. The number of hydrogen-bond acceptors (Lipinski definition) is 7. The van der Waals surface area contributed by atoms with Crippen LogP contribution in [0.25, 0.3) is 5.65 Å². The number of fused-ring (bicyclic) bond motifs is 1. The molecule has 0 spiro atoms. The maximum absolute atomic E-state index is 10.4. The Labute approximate surface area is 95.9 Å². The van der Waals surface area contributed by atoms with Crippen molar-refractivity contribution in [2.75, 3.05) is 25.1 Å². The molecule has 0 aliphatic rings. The van der Waals surface area contributed by atoms with Gasteiger partial charge in [-0.1, -0.05) is 0 Å². The molecule has 9 nitrogen and oxygen atoms in total. The van der Waals surface area contributed by atoms with E-state index in [4.69, 9.17) is 10.5 Å². The number of primary amides is 1. The number of aromatic nitrogens is 5. The number of amides is 1. The number of nitrogens with zero attached hydrogens (tertiary/aromatic N) is 5. The smallest absolute Gasteiger partial charge is 0.243 e. The standard InChI is InChI=1S/C8H11N7O2/c9-6(16)5-17-4-3-10-7-1-2-8-11-13-14-15(8)12-7/h1-2H,3-5H2,(H2,9,16)(H,10,12). The first-order chi connectivity index (χ1) is 8.25. The quantitative estimate of drug-likeness (QED) is 0.582. The van der Waals surface area contributed by atoms with Crippen LogP contribution in [0.4, 0.5) is 5.82 Å². The maximum atomic E-state index is 10.4. The Bertz CT molecular complexity index is 511. The predicted octanol–water partition coefficient (Wildman–Crippen LogP) is -1.57. The van der Waals surface area contributed by atoms with E-state index in [0.717, 1.165) is 0 Å². The Morgan fingerprint density at radius 2 is 2.41 bits per heavy atom. The van der Waals surface area contributed by atoms with Gasteiger partial charge in [0.05, 0.1) is 6.61 Å². The molecule has 17 heavy (non-hydrogen) atoms. The van der Waals surface area contributed by atoms with Crippen molar-refractivity contribution in [3.05, 3.63) is 12.1 Å². The first-order valence-electron chi connectivity index (χ1n) is 4.91. The van der Waals surface area contributed by atoms with Crippen LogP contribution in [-0.2, 0) is 9.53 Å². The number of carbonyl (C=O) groups excluding carboxylic acids is 1. The van der Waals surface area contributed by atoms with Gasteiger partial charge in [0.1, 0.15) is 12.4 Å². The fraction of sp³-hybridized carbons (Fsp3) is 0.375. The SMILES string of the molecule is NC(=O)COCCNc1ccc2nnnn2n1. The van der Waals surface area contributed by atoms with Crippen LogP contribution in [0.3, 0.4) is 0 Å². The molecule has 0 saturated carbocycles. The third-order valence-corrected chi connectivity index (χ3v) is 1.87. The Morgan fingerprint density at radius 3 is 3.24 bits per heavy atom. The lowest BCUT2D eigenvalue weighted by atomic mass is 10.5.